The minimum Gasteiger partial charge on any atom is -0.369 e. The van der Waals surface area contributed by atoms with Crippen molar-refractivity contribution in [1.29, 1.82) is 0 Å². The van der Waals surface area contributed by atoms with Crippen molar-refractivity contribution in [3.63, 3.8) is 0 Å². The van der Waals surface area contributed by atoms with Crippen LogP contribution in [0.25, 0.3) is 11.3 Å². The van der Waals surface area contributed by atoms with Gasteiger partial charge in [0.1, 0.15) is 23.1 Å². The third-order valence-corrected chi connectivity index (χ3v) is 4.91. The van der Waals surface area contributed by atoms with Crippen molar-refractivity contribution in [2.75, 3.05) is 23.3 Å². The Bertz CT molecular complexity index is 1070. The molecule has 0 radical (unpaired) electrons. The van der Waals surface area contributed by atoms with Crippen LogP contribution >= 0.6 is 0 Å². The summed E-state index contributed by atoms with van der Waals surface area (Å²) in [6.45, 7) is 1.62. The minimum absolute atomic E-state index is 0.00714. The van der Waals surface area contributed by atoms with Gasteiger partial charge in [-0.15, -0.1) is 0 Å². The smallest absolute Gasteiger partial charge is 0.259 e. The Morgan fingerprint density at radius 3 is 2.48 bits per heavy atom. The third kappa shape index (κ3) is 3.83. The molecule has 0 atom stereocenters. The molecular weight excluding hydrogens is 381 g/mol. The normalized spacial score (nSPS) is 13.7. The number of aromatic nitrogens is 2. The lowest BCUT2D eigenvalue weighted by molar-refractivity contribution is 0.102. The molecule has 2 heterocycles. The number of carbonyl (C=O) groups excluding carboxylic acids is 1. The number of nitrogens with one attached hydrogen (secondary N) is 1. The van der Waals surface area contributed by atoms with Gasteiger partial charge in [0.2, 0.25) is 0 Å². The molecule has 0 spiro atoms. The van der Waals surface area contributed by atoms with E-state index in [1.807, 2.05) is 4.90 Å². The van der Waals surface area contributed by atoms with E-state index in [1.54, 1.807) is 19.2 Å². The molecule has 0 aliphatic carbocycles. The summed E-state index contributed by atoms with van der Waals surface area (Å²) in [5.41, 5.74) is 0.979. The number of amides is 1. The van der Waals surface area contributed by atoms with E-state index in [-0.39, 0.29) is 22.5 Å². The summed E-state index contributed by atoms with van der Waals surface area (Å²) < 4.78 is 43.3. The van der Waals surface area contributed by atoms with Gasteiger partial charge >= 0.3 is 0 Å². The van der Waals surface area contributed by atoms with Crippen LogP contribution in [0.4, 0.5) is 24.5 Å². The monoisotopic (exact) mass is 400 g/mol. The predicted octanol–water partition coefficient (Wildman–Crippen LogP) is 4.36. The molecule has 2 aromatic carbocycles. The van der Waals surface area contributed by atoms with Crippen molar-refractivity contribution >= 4 is 17.3 Å². The van der Waals surface area contributed by atoms with Crippen molar-refractivity contribution in [3.05, 3.63) is 65.6 Å². The highest BCUT2D eigenvalue weighted by Crippen LogP contribution is 2.28. The zero-order valence-corrected chi connectivity index (χ0v) is 15.8. The number of carbonyl (C=O) groups is 1. The lowest BCUT2D eigenvalue weighted by Gasteiger charge is -2.18. The number of hydrogen-bond acceptors (Lipinski definition) is 3. The average molecular weight is 400 g/mol. The molecule has 1 aliphatic rings. The fraction of sp³-hybridized carbons (Fsp3) is 0.238. The molecule has 4 rings (SSSR count). The largest absolute Gasteiger partial charge is 0.369 e. The van der Waals surface area contributed by atoms with Crippen LogP contribution in [-0.4, -0.2) is 28.8 Å². The number of benzene rings is 2. The second-order valence-electron chi connectivity index (χ2n) is 7.00. The highest BCUT2D eigenvalue weighted by molar-refractivity contribution is 6.08. The van der Waals surface area contributed by atoms with Gasteiger partial charge in [-0.2, -0.15) is 5.10 Å². The lowest BCUT2D eigenvalue weighted by atomic mass is 10.1. The van der Waals surface area contributed by atoms with Gasteiger partial charge in [-0.05, 0) is 43.2 Å². The van der Waals surface area contributed by atoms with Crippen LogP contribution < -0.4 is 10.2 Å². The van der Waals surface area contributed by atoms with E-state index in [1.165, 1.54) is 23.0 Å². The van der Waals surface area contributed by atoms with Gasteiger partial charge in [0.05, 0.1) is 11.3 Å². The first-order valence-corrected chi connectivity index (χ1v) is 9.27. The topological polar surface area (TPSA) is 50.2 Å². The first kappa shape index (κ1) is 19.0. The molecule has 1 fully saturated rings. The molecule has 0 saturated carbocycles. The second kappa shape index (κ2) is 7.62. The summed E-state index contributed by atoms with van der Waals surface area (Å²) in [6.07, 6.45) is 3.49. The summed E-state index contributed by atoms with van der Waals surface area (Å²) in [5.74, 6) is -2.52. The Hall–Kier alpha value is -3.29. The van der Waals surface area contributed by atoms with Crippen LogP contribution in [0.5, 0.6) is 0 Å². The molecule has 1 N–H and O–H groups in total. The van der Waals surface area contributed by atoms with E-state index in [4.69, 9.17) is 0 Å². The SMILES string of the molecule is Cn1cc(C(=O)Nc2ccc(N3CCCC3)c(F)c2)c(-c2ccc(F)cc2F)n1. The van der Waals surface area contributed by atoms with Crippen LogP contribution in [-0.2, 0) is 7.05 Å². The van der Waals surface area contributed by atoms with E-state index in [2.05, 4.69) is 10.4 Å². The summed E-state index contributed by atoms with van der Waals surface area (Å²) in [6, 6.07) is 7.59. The van der Waals surface area contributed by atoms with E-state index in [9.17, 15) is 18.0 Å². The number of halogens is 3. The molecule has 5 nitrogen and oxygen atoms in total. The van der Waals surface area contributed by atoms with Gasteiger partial charge in [-0.25, -0.2) is 13.2 Å². The molecule has 1 aliphatic heterocycles. The van der Waals surface area contributed by atoms with Gasteiger partial charge in [0, 0.05) is 43.7 Å². The molecule has 1 amide bonds. The lowest BCUT2D eigenvalue weighted by Crippen LogP contribution is -2.19. The second-order valence-corrected chi connectivity index (χ2v) is 7.00. The molecule has 1 aromatic heterocycles. The van der Waals surface area contributed by atoms with E-state index < -0.39 is 23.4 Å². The third-order valence-electron chi connectivity index (χ3n) is 4.91. The highest BCUT2D eigenvalue weighted by atomic mass is 19.1. The molecule has 3 aromatic rings. The van der Waals surface area contributed by atoms with Crippen LogP contribution in [0.15, 0.2) is 42.6 Å². The molecule has 150 valence electrons. The number of hydrogen-bond donors (Lipinski definition) is 1. The van der Waals surface area contributed by atoms with Gasteiger partial charge in [-0.3, -0.25) is 9.48 Å². The Morgan fingerprint density at radius 2 is 1.79 bits per heavy atom. The Balaban J connectivity index is 1.60. The van der Waals surface area contributed by atoms with Crippen molar-refractivity contribution < 1.29 is 18.0 Å². The first-order valence-electron chi connectivity index (χ1n) is 9.27. The van der Waals surface area contributed by atoms with Crippen molar-refractivity contribution in [2.45, 2.75) is 12.8 Å². The molecular formula is C21H19F3N4O. The maximum atomic E-state index is 14.5. The highest BCUT2D eigenvalue weighted by Gasteiger charge is 2.21. The van der Waals surface area contributed by atoms with Gasteiger partial charge in [0.25, 0.3) is 5.91 Å². The van der Waals surface area contributed by atoms with Gasteiger partial charge in [0.15, 0.2) is 0 Å². The maximum Gasteiger partial charge on any atom is 0.259 e. The van der Waals surface area contributed by atoms with E-state index in [0.717, 1.165) is 38.1 Å². The number of rotatable bonds is 4. The fourth-order valence-electron chi connectivity index (χ4n) is 3.53. The van der Waals surface area contributed by atoms with Crippen molar-refractivity contribution in [3.8, 4) is 11.3 Å². The zero-order chi connectivity index (χ0) is 20.5. The van der Waals surface area contributed by atoms with Crippen LogP contribution in [0.1, 0.15) is 23.2 Å². The summed E-state index contributed by atoms with van der Waals surface area (Å²) in [5, 5.41) is 6.75. The number of aryl methyl sites for hydroxylation is 1. The molecule has 1 saturated heterocycles. The van der Waals surface area contributed by atoms with E-state index >= 15 is 0 Å². The van der Waals surface area contributed by atoms with Gasteiger partial charge < -0.3 is 10.2 Å². The van der Waals surface area contributed by atoms with Crippen molar-refractivity contribution in [1.82, 2.24) is 9.78 Å². The van der Waals surface area contributed by atoms with E-state index in [0.29, 0.717) is 5.69 Å². The van der Waals surface area contributed by atoms with Crippen molar-refractivity contribution in [2.24, 2.45) is 7.05 Å². The average Bonchev–Trinajstić information content (AvgIpc) is 3.32. The zero-order valence-electron chi connectivity index (χ0n) is 15.8. The summed E-state index contributed by atoms with van der Waals surface area (Å²) in [7, 11) is 1.59. The predicted molar refractivity (Wildman–Crippen MR) is 104 cm³/mol. The Kier molecular flexibility index (Phi) is 5.00. The molecule has 0 bridgehead atoms. The summed E-state index contributed by atoms with van der Waals surface area (Å²) >= 11 is 0. The fourth-order valence-corrected chi connectivity index (χ4v) is 3.53. The Labute approximate surface area is 165 Å². The molecule has 29 heavy (non-hydrogen) atoms. The quantitative estimate of drug-likeness (QED) is 0.708. The van der Waals surface area contributed by atoms with Crippen LogP contribution in [0.3, 0.4) is 0 Å². The standard InChI is InChI=1S/C21H19F3N4O/c1-27-12-16(20(26-27)15-6-4-13(22)10-17(15)23)21(29)25-14-5-7-19(18(24)11-14)28-8-2-3-9-28/h4-7,10-12H,2-3,8-9H2,1H3,(H,25,29). The van der Waals surface area contributed by atoms with Crippen LogP contribution in [0, 0.1) is 17.5 Å². The number of anilines is 2. The minimum atomic E-state index is -0.821. The molecule has 0 unspecified atom stereocenters. The van der Waals surface area contributed by atoms with Gasteiger partial charge in [-0.1, -0.05) is 0 Å². The Morgan fingerprint density at radius 1 is 1.03 bits per heavy atom. The van der Waals surface area contributed by atoms with Crippen LogP contribution in [0.2, 0.25) is 0 Å². The first-order chi connectivity index (χ1) is 13.9. The summed E-state index contributed by atoms with van der Waals surface area (Å²) in [4.78, 5) is 14.7. The number of nitrogens with zero attached hydrogens (tertiary/aromatic N) is 3. The maximum absolute atomic E-state index is 14.5. The molecule has 8 heteroatoms.